The molecule has 0 fully saturated rings. The predicted molar refractivity (Wildman–Crippen MR) is 94.9 cm³/mol. The summed E-state index contributed by atoms with van der Waals surface area (Å²) in [6, 6.07) is 10.5. The molecule has 0 aliphatic rings. The van der Waals surface area contributed by atoms with Gasteiger partial charge in [-0.05, 0) is 55.3 Å². The number of hydrogen-bond donors (Lipinski definition) is 2. The minimum absolute atomic E-state index is 0.363. The highest BCUT2D eigenvalue weighted by Crippen LogP contribution is 2.25. The van der Waals surface area contributed by atoms with Crippen LogP contribution in [0.15, 0.2) is 36.4 Å². The van der Waals surface area contributed by atoms with Crippen LogP contribution in [0.25, 0.3) is 0 Å². The topological polar surface area (TPSA) is 50.4 Å². The molecule has 2 amide bonds. The van der Waals surface area contributed by atoms with E-state index in [1.54, 1.807) is 18.2 Å². The lowest BCUT2D eigenvalue weighted by atomic mass is 10.1. The van der Waals surface area contributed by atoms with Gasteiger partial charge < -0.3 is 15.4 Å². The number of halogens is 2. The van der Waals surface area contributed by atoms with E-state index in [2.05, 4.69) is 16.7 Å². The normalized spacial score (nSPS) is 10.3. The Labute approximate surface area is 145 Å². The molecule has 0 aliphatic heterocycles. The molecule has 122 valence electrons. The van der Waals surface area contributed by atoms with Crippen LogP contribution in [0.4, 0.5) is 10.5 Å². The first-order valence-corrected chi connectivity index (χ1v) is 7.90. The first-order chi connectivity index (χ1) is 10.9. The molecule has 0 bridgehead atoms. The number of anilines is 1. The number of benzene rings is 2. The van der Waals surface area contributed by atoms with Gasteiger partial charge in [-0.1, -0.05) is 29.3 Å². The van der Waals surface area contributed by atoms with Crippen LogP contribution in [0, 0.1) is 13.8 Å². The second kappa shape index (κ2) is 8.09. The molecule has 2 aromatic rings. The minimum Gasteiger partial charge on any atom is -0.492 e. The average Bonchev–Trinajstić information content (AvgIpc) is 2.46. The molecule has 2 aromatic carbocycles. The van der Waals surface area contributed by atoms with Crippen molar-refractivity contribution in [3.8, 4) is 5.75 Å². The summed E-state index contributed by atoms with van der Waals surface area (Å²) in [6.45, 7) is 4.77. The quantitative estimate of drug-likeness (QED) is 0.758. The SMILES string of the molecule is Cc1cc(C)cc(OCCNC(=O)Nc2cc(Cl)ccc2Cl)c1. The lowest BCUT2D eigenvalue weighted by Gasteiger charge is -2.11. The summed E-state index contributed by atoms with van der Waals surface area (Å²) >= 11 is 11.9. The summed E-state index contributed by atoms with van der Waals surface area (Å²) in [5.41, 5.74) is 2.74. The monoisotopic (exact) mass is 352 g/mol. The van der Waals surface area contributed by atoms with Crippen molar-refractivity contribution in [3.05, 3.63) is 57.6 Å². The summed E-state index contributed by atoms with van der Waals surface area (Å²) in [6.07, 6.45) is 0. The van der Waals surface area contributed by atoms with Crippen LogP contribution in [-0.4, -0.2) is 19.2 Å². The van der Waals surface area contributed by atoms with E-state index in [4.69, 9.17) is 27.9 Å². The van der Waals surface area contributed by atoms with Crippen molar-refractivity contribution < 1.29 is 9.53 Å². The van der Waals surface area contributed by atoms with Crippen molar-refractivity contribution in [1.29, 1.82) is 0 Å². The van der Waals surface area contributed by atoms with Crippen LogP contribution in [0.5, 0.6) is 5.75 Å². The molecule has 2 N–H and O–H groups in total. The Hall–Kier alpha value is -1.91. The standard InChI is InChI=1S/C17H18Cl2N2O2/c1-11-7-12(2)9-14(8-11)23-6-5-20-17(22)21-16-10-13(18)3-4-15(16)19/h3-4,7-10H,5-6H2,1-2H3,(H2,20,21,22). The summed E-state index contributed by atoms with van der Waals surface area (Å²) < 4.78 is 5.62. The molecule has 0 saturated heterocycles. The van der Waals surface area contributed by atoms with Crippen molar-refractivity contribution in [2.24, 2.45) is 0 Å². The van der Waals surface area contributed by atoms with E-state index in [0.29, 0.717) is 28.9 Å². The van der Waals surface area contributed by atoms with E-state index in [1.165, 1.54) is 0 Å². The number of hydrogen-bond acceptors (Lipinski definition) is 2. The van der Waals surface area contributed by atoms with Gasteiger partial charge in [0.2, 0.25) is 0 Å². The molecule has 4 nitrogen and oxygen atoms in total. The van der Waals surface area contributed by atoms with Gasteiger partial charge in [0, 0.05) is 5.02 Å². The molecule has 0 aromatic heterocycles. The van der Waals surface area contributed by atoms with Gasteiger partial charge in [-0.2, -0.15) is 0 Å². The van der Waals surface area contributed by atoms with Crippen LogP contribution in [0.2, 0.25) is 10.0 Å². The Kier molecular flexibility index (Phi) is 6.13. The minimum atomic E-state index is -0.363. The Morgan fingerprint density at radius 2 is 1.78 bits per heavy atom. The fraction of sp³-hybridized carbons (Fsp3) is 0.235. The molecule has 0 radical (unpaired) electrons. The van der Waals surface area contributed by atoms with Crippen molar-refractivity contribution in [2.45, 2.75) is 13.8 Å². The van der Waals surface area contributed by atoms with E-state index >= 15 is 0 Å². The van der Waals surface area contributed by atoms with Gasteiger partial charge in [0.05, 0.1) is 17.3 Å². The number of urea groups is 1. The molecular formula is C17H18Cl2N2O2. The van der Waals surface area contributed by atoms with Gasteiger partial charge >= 0.3 is 6.03 Å². The molecule has 0 atom stereocenters. The van der Waals surface area contributed by atoms with E-state index < -0.39 is 0 Å². The average molecular weight is 353 g/mol. The third-order valence-corrected chi connectivity index (χ3v) is 3.59. The van der Waals surface area contributed by atoms with E-state index in [-0.39, 0.29) is 6.03 Å². The number of carbonyl (C=O) groups excluding carboxylic acids is 1. The third kappa shape index (κ3) is 5.66. The number of carbonyl (C=O) groups is 1. The Morgan fingerprint density at radius 1 is 1.09 bits per heavy atom. The molecule has 2 rings (SSSR count). The van der Waals surface area contributed by atoms with Crippen LogP contribution in [-0.2, 0) is 0 Å². The molecule has 0 spiro atoms. The van der Waals surface area contributed by atoms with Gasteiger partial charge in [-0.15, -0.1) is 0 Å². The van der Waals surface area contributed by atoms with Gasteiger partial charge in [-0.25, -0.2) is 4.79 Å². The summed E-state index contributed by atoms with van der Waals surface area (Å²) in [7, 11) is 0. The lowest BCUT2D eigenvalue weighted by molar-refractivity contribution is 0.247. The lowest BCUT2D eigenvalue weighted by Crippen LogP contribution is -2.32. The molecule has 6 heteroatoms. The maximum atomic E-state index is 11.8. The first kappa shape index (κ1) is 17.4. The van der Waals surface area contributed by atoms with Crippen LogP contribution < -0.4 is 15.4 Å². The number of aryl methyl sites for hydroxylation is 2. The van der Waals surface area contributed by atoms with E-state index in [9.17, 15) is 4.79 Å². The predicted octanol–water partition coefficient (Wildman–Crippen LogP) is 4.81. The molecule has 23 heavy (non-hydrogen) atoms. The smallest absolute Gasteiger partial charge is 0.319 e. The van der Waals surface area contributed by atoms with Crippen molar-refractivity contribution in [3.63, 3.8) is 0 Å². The second-order valence-electron chi connectivity index (χ2n) is 5.18. The zero-order chi connectivity index (χ0) is 16.8. The summed E-state index contributed by atoms with van der Waals surface area (Å²) in [4.78, 5) is 11.8. The maximum Gasteiger partial charge on any atom is 0.319 e. The largest absolute Gasteiger partial charge is 0.492 e. The number of rotatable bonds is 5. The Morgan fingerprint density at radius 3 is 2.48 bits per heavy atom. The second-order valence-corrected chi connectivity index (χ2v) is 6.02. The van der Waals surface area contributed by atoms with Crippen molar-refractivity contribution in [1.82, 2.24) is 5.32 Å². The molecule has 0 unspecified atom stereocenters. The Bertz CT molecular complexity index is 685. The van der Waals surface area contributed by atoms with Gasteiger partial charge in [0.25, 0.3) is 0 Å². The van der Waals surface area contributed by atoms with Crippen molar-refractivity contribution in [2.75, 3.05) is 18.5 Å². The number of nitrogens with one attached hydrogen (secondary N) is 2. The van der Waals surface area contributed by atoms with Gasteiger partial charge in [-0.3, -0.25) is 0 Å². The van der Waals surface area contributed by atoms with E-state index in [0.717, 1.165) is 16.9 Å². The highest BCUT2D eigenvalue weighted by Gasteiger charge is 2.06. The zero-order valence-corrected chi connectivity index (χ0v) is 14.5. The number of ether oxygens (including phenoxy) is 1. The maximum absolute atomic E-state index is 11.8. The zero-order valence-electron chi connectivity index (χ0n) is 13.0. The molecule has 0 heterocycles. The van der Waals surface area contributed by atoms with E-state index in [1.807, 2.05) is 26.0 Å². The fourth-order valence-corrected chi connectivity index (χ4v) is 2.45. The van der Waals surface area contributed by atoms with Gasteiger partial charge in [0.15, 0.2) is 0 Å². The Balaban J connectivity index is 1.77. The highest BCUT2D eigenvalue weighted by atomic mass is 35.5. The van der Waals surface area contributed by atoms with Crippen LogP contribution in [0.1, 0.15) is 11.1 Å². The molecule has 0 aliphatic carbocycles. The van der Waals surface area contributed by atoms with Crippen LogP contribution >= 0.6 is 23.2 Å². The summed E-state index contributed by atoms with van der Waals surface area (Å²) in [5, 5.41) is 6.28. The van der Waals surface area contributed by atoms with Crippen LogP contribution in [0.3, 0.4) is 0 Å². The number of amides is 2. The first-order valence-electron chi connectivity index (χ1n) is 7.15. The fourth-order valence-electron chi connectivity index (χ4n) is 2.11. The molecule has 0 saturated carbocycles. The molecular weight excluding hydrogens is 335 g/mol. The van der Waals surface area contributed by atoms with Crippen molar-refractivity contribution >= 4 is 34.9 Å². The van der Waals surface area contributed by atoms with Gasteiger partial charge in [0.1, 0.15) is 12.4 Å². The summed E-state index contributed by atoms with van der Waals surface area (Å²) in [5.74, 6) is 0.794. The highest BCUT2D eigenvalue weighted by molar-refractivity contribution is 6.35. The third-order valence-electron chi connectivity index (χ3n) is 3.03.